The number of pyridine rings is 1. The molecule has 2 aromatic rings. The zero-order valence-electron chi connectivity index (χ0n) is 10.4. The Hall–Kier alpha value is -1.95. The molecule has 0 radical (unpaired) electrons. The lowest BCUT2D eigenvalue weighted by atomic mass is 10.2. The summed E-state index contributed by atoms with van der Waals surface area (Å²) in [5.41, 5.74) is 1.45. The van der Waals surface area contributed by atoms with Crippen molar-refractivity contribution in [2.24, 2.45) is 0 Å². The van der Waals surface area contributed by atoms with E-state index in [2.05, 4.69) is 20.0 Å². The number of carbonyl (C=O) groups is 1. The second-order valence-electron chi connectivity index (χ2n) is 3.71. The maximum atomic E-state index is 11.4. The van der Waals surface area contributed by atoms with Crippen molar-refractivity contribution in [1.82, 2.24) is 9.97 Å². The number of carbonyl (C=O) groups excluding carboxylic acids is 1. The molecule has 0 saturated heterocycles. The van der Waals surface area contributed by atoms with Crippen LogP contribution in [0.1, 0.15) is 20.9 Å². The van der Waals surface area contributed by atoms with Gasteiger partial charge >= 0.3 is 5.97 Å². The Morgan fingerprint density at radius 2 is 2.22 bits per heavy atom. The summed E-state index contributed by atoms with van der Waals surface area (Å²) in [5.74, 6) is 0.193. The van der Waals surface area contributed by atoms with E-state index in [1.165, 1.54) is 7.11 Å². The third-order valence-corrected chi connectivity index (χ3v) is 3.43. The first-order chi connectivity index (χ1) is 8.60. The number of aryl methyl sites for hydroxylation is 2. The fourth-order valence-corrected chi connectivity index (χ4v) is 2.20. The fourth-order valence-electron chi connectivity index (χ4n) is 1.38. The van der Waals surface area contributed by atoms with E-state index in [0.717, 1.165) is 15.7 Å². The fraction of sp³-hybridized carbons (Fsp3) is 0.250. The third-order valence-electron chi connectivity index (χ3n) is 2.44. The first kappa shape index (κ1) is 12.5. The summed E-state index contributed by atoms with van der Waals surface area (Å²) in [4.78, 5) is 21.0. The van der Waals surface area contributed by atoms with Crippen molar-refractivity contribution in [2.45, 2.75) is 13.8 Å². The zero-order chi connectivity index (χ0) is 13.1. The van der Waals surface area contributed by atoms with Gasteiger partial charge in [0.25, 0.3) is 0 Å². The van der Waals surface area contributed by atoms with E-state index in [0.29, 0.717) is 11.4 Å². The second-order valence-corrected chi connectivity index (χ2v) is 4.91. The molecule has 0 aliphatic rings. The van der Waals surface area contributed by atoms with Gasteiger partial charge in [0.2, 0.25) is 0 Å². The molecular formula is C12H13N3O2S. The minimum atomic E-state index is -0.382. The van der Waals surface area contributed by atoms with E-state index < -0.39 is 0 Å². The van der Waals surface area contributed by atoms with E-state index in [-0.39, 0.29) is 5.97 Å². The van der Waals surface area contributed by atoms with Crippen LogP contribution in [0.5, 0.6) is 0 Å². The summed E-state index contributed by atoms with van der Waals surface area (Å²) in [7, 11) is 1.35. The largest absolute Gasteiger partial charge is 0.465 e. The summed E-state index contributed by atoms with van der Waals surface area (Å²) >= 11 is 1.55. The van der Waals surface area contributed by atoms with Crippen LogP contribution in [0.25, 0.3) is 0 Å². The van der Waals surface area contributed by atoms with Crippen LogP contribution in [-0.4, -0.2) is 23.0 Å². The van der Waals surface area contributed by atoms with Gasteiger partial charge in [0.15, 0.2) is 5.13 Å². The van der Waals surface area contributed by atoms with E-state index in [4.69, 9.17) is 0 Å². The van der Waals surface area contributed by atoms with Crippen LogP contribution >= 0.6 is 11.3 Å². The van der Waals surface area contributed by atoms with Gasteiger partial charge in [0.1, 0.15) is 5.82 Å². The maximum absolute atomic E-state index is 11.4. The van der Waals surface area contributed by atoms with Gasteiger partial charge in [0, 0.05) is 11.1 Å². The van der Waals surface area contributed by atoms with Crippen molar-refractivity contribution in [3.05, 3.63) is 34.5 Å². The van der Waals surface area contributed by atoms with Crippen molar-refractivity contribution >= 4 is 28.3 Å². The lowest BCUT2D eigenvalue weighted by Crippen LogP contribution is -2.02. The van der Waals surface area contributed by atoms with E-state index in [9.17, 15) is 4.79 Å². The highest BCUT2D eigenvalue weighted by Gasteiger charge is 2.08. The Kier molecular flexibility index (Phi) is 3.57. The number of methoxy groups -OCH3 is 1. The average molecular weight is 263 g/mol. The van der Waals surface area contributed by atoms with Crippen molar-refractivity contribution < 1.29 is 9.53 Å². The highest BCUT2D eigenvalue weighted by molar-refractivity contribution is 7.15. The topological polar surface area (TPSA) is 64.1 Å². The van der Waals surface area contributed by atoms with Gasteiger partial charge in [-0.25, -0.2) is 14.8 Å². The first-order valence-electron chi connectivity index (χ1n) is 5.35. The van der Waals surface area contributed by atoms with Crippen LogP contribution in [0.15, 0.2) is 18.3 Å². The molecule has 18 heavy (non-hydrogen) atoms. The number of hydrogen-bond acceptors (Lipinski definition) is 6. The Morgan fingerprint density at radius 3 is 2.83 bits per heavy atom. The van der Waals surface area contributed by atoms with Crippen LogP contribution in [0.2, 0.25) is 0 Å². The summed E-state index contributed by atoms with van der Waals surface area (Å²) in [5, 5.41) is 3.84. The lowest BCUT2D eigenvalue weighted by molar-refractivity contribution is 0.0600. The van der Waals surface area contributed by atoms with E-state index in [1.54, 1.807) is 29.7 Å². The normalized spacial score (nSPS) is 10.2. The van der Waals surface area contributed by atoms with Crippen LogP contribution < -0.4 is 5.32 Å². The number of thiazole rings is 1. The molecule has 6 heteroatoms. The van der Waals surface area contributed by atoms with Crippen LogP contribution in [-0.2, 0) is 4.74 Å². The molecule has 2 aromatic heterocycles. The molecular weight excluding hydrogens is 250 g/mol. The Labute approximate surface area is 109 Å². The molecule has 5 nitrogen and oxygen atoms in total. The minimum absolute atomic E-state index is 0.382. The number of nitrogens with zero attached hydrogens (tertiary/aromatic N) is 2. The number of nitrogens with one attached hydrogen (secondary N) is 1. The summed E-state index contributed by atoms with van der Waals surface area (Å²) in [6, 6.07) is 3.24. The quantitative estimate of drug-likeness (QED) is 0.862. The van der Waals surface area contributed by atoms with Crippen molar-refractivity contribution in [3.8, 4) is 0 Å². The smallest absolute Gasteiger partial charge is 0.338 e. The Balaban J connectivity index is 2.21. The number of anilines is 2. The van der Waals surface area contributed by atoms with Crippen molar-refractivity contribution in [3.63, 3.8) is 0 Å². The SMILES string of the molecule is COC(=O)c1ccnc(Nc2nc(C)c(C)s2)c1. The zero-order valence-corrected chi connectivity index (χ0v) is 11.2. The molecule has 2 rings (SSSR count). The van der Waals surface area contributed by atoms with Gasteiger partial charge in [-0.3, -0.25) is 0 Å². The van der Waals surface area contributed by atoms with Gasteiger partial charge in [0.05, 0.1) is 18.4 Å². The standard InChI is InChI=1S/C12H13N3O2S/c1-7-8(2)18-12(14-7)15-10-6-9(4-5-13-10)11(16)17-3/h4-6H,1-3H3,(H,13,14,15). The van der Waals surface area contributed by atoms with Crippen LogP contribution in [0, 0.1) is 13.8 Å². The Morgan fingerprint density at radius 1 is 1.44 bits per heavy atom. The summed E-state index contributed by atoms with van der Waals surface area (Å²) in [6.07, 6.45) is 1.56. The van der Waals surface area contributed by atoms with Crippen molar-refractivity contribution in [2.75, 3.05) is 12.4 Å². The molecule has 0 spiro atoms. The number of aromatic nitrogens is 2. The van der Waals surface area contributed by atoms with E-state index in [1.807, 2.05) is 13.8 Å². The summed E-state index contributed by atoms with van der Waals surface area (Å²) in [6.45, 7) is 3.96. The molecule has 94 valence electrons. The predicted molar refractivity (Wildman–Crippen MR) is 70.4 cm³/mol. The molecule has 0 atom stereocenters. The monoisotopic (exact) mass is 263 g/mol. The molecule has 0 fully saturated rings. The second kappa shape index (κ2) is 5.14. The molecule has 0 aliphatic heterocycles. The number of hydrogen-bond donors (Lipinski definition) is 1. The predicted octanol–water partition coefficient (Wildman–Crippen LogP) is 2.69. The first-order valence-corrected chi connectivity index (χ1v) is 6.17. The molecule has 0 saturated carbocycles. The molecule has 0 amide bonds. The highest BCUT2D eigenvalue weighted by Crippen LogP contribution is 2.24. The molecule has 1 N–H and O–H groups in total. The van der Waals surface area contributed by atoms with Gasteiger partial charge in [-0.05, 0) is 26.0 Å². The van der Waals surface area contributed by atoms with Gasteiger partial charge in [-0.2, -0.15) is 0 Å². The Bertz CT molecular complexity index is 561. The van der Waals surface area contributed by atoms with Crippen LogP contribution in [0.3, 0.4) is 0 Å². The molecule has 0 aromatic carbocycles. The third kappa shape index (κ3) is 2.65. The van der Waals surface area contributed by atoms with Crippen LogP contribution in [0.4, 0.5) is 10.9 Å². The van der Waals surface area contributed by atoms with Gasteiger partial charge in [-0.1, -0.05) is 0 Å². The maximum Gasteiger partial charge on any atom is 0.338 e. The highest BCUT2D eigenvalue weighted by atomic mass is 32.1. The molecule has 0 aliphatic carbocycles. The van der Waals surface area contributed by atoms with E-state index >= 15 is 0 Å². The average Bonchev–Trinajstić information content (AvgIpc) is 2.67. The molecule has 0 bridgehead atoms. The van der Waals surface area contributed by atoms with Crippen molar-refractivity contribution in [1.29, 1.82) is 0 Å². The van der Waals surface area contributed by atoms with Gasteiger partial charge < -0.3 is 10.1 Å². The summed E-state index contributed by atoms with van der Waals surface area (Å²) < 4.78 is 4.66. The number of rotatable bonds is 3. The molecule has 2 heterocycles. The number of esters is 1. The lowest BCUT2D eigenvalue weighted by Gasteiger charge is -2.03. The van der Waals surface area contributed by atoms with Gasteiger partial charge in [-0.15, -0.1) is 11.3 Å². The number of ether oxygens (including phenoxy) is 1. The molecule has 0 unspecified atom stereocenters. The minimum Gasteiger partial charge on any atom is -0.465 e.